The number of carbonyl (C=O) groups excluding carboxylic acids is 1. The van der Waals surface area contributed by atoms with Crippen molar-refractivity contribution in [2.75, 3.05) is 6.54 Å². The largest absolute Gasteiger partial charge is 0.350 e. The molecule has 1 fully saturated rings. The maximum absolute atomic E-state index is 12.5. The highest BCUT2D eigenvalue weighted by molar-refractivity contribution is 5.95. The van der Waals surface area contributed by atoms with E-state index >= 15 is 0 Å². The number of H-pyrrole nitrogens is 1. The average molecular weight is 332 g/mol. The molecule has 0 saturated heterocycles. The zero-order valence-electron chi connectivity index (χ0n) is 14.1. The Labute approximate surface area is 146 Å². The minimum atomic E-state index is -0.0935. The normalized spacial score (nSPS) is 18.8. The summed E-state index contributed by atoms with van der Waals surface area (Å²) in [5.41, 5.74) is 4.51. The van der Waals surface area contributed by atoms with Crippen molar-refractivity contribution in [3.63, 3.8) is 0 Å². The SMILES string of the molecule is Cc1c(-c2ccccc2)n[nH]c1C(=O)NC[C@@H]1C[C@H]1c1cccnc1. The van der Waals surface area contributed by atoms with E-state index in [4.69, 9.17) is 0 Å². The number of aromatic nitrogens is 3. The van der Waals surface area contributed by atoms with Crippen LogP contribution in [-0.2, 0) is 0 Å². The Hall–Kier alpha value is -2.95. The van der Waals surface area contributed by atoms with Crippen LogP contribution in [0.25, 0.3) is 11.3 Å². The number of rotatable bonds is 5. The van der Waals surface area contributed by atoms with Crippen LogP contribution in [0.5, 0.6) is 0 Å². The van der Waals surface area contributed by atoms with Gasteiger partial charge in [-0.05, 0) is 36.8 Å². The molecule has 2 atom stereocenters. The minimum Gasteiger partial charge on any atom is -0.350 e. The molecule has 0 radical (unpaired) electrons. The third kappa shape index (κ3) is 3.18. The van der Waals surface area contributed by atoms with Crippen LogP contribution in [0.15, 0.2) is 54.9 Å². The van der Waals surface area contributed by atoms with E-state index in [-0.39, 0.29) is 5.91 Å². The van der Waals surface area contributed by atoms with Crippen molar-refractivity contribution >= 4 is 5.91 Å². The summed E-state index contributed by atoms with van der Waals surface area (Å²) in [4.78, 5) is 16.7. The lowest BCUT2D eigenvalue weighted by atomic mass is 10.1. The van der Waals surface area contributed by atoms with Gasteiger partial charge in [-0.3, -0.25) is 14.9 Å². The zero-order chi connectivity index (χ0) is 17.2. The molecule has 1 aliphatic rings. The molecule has 5 heteroatoms. The summed E-state index contributed by atoms with van der Waals surface area (Å²) in [7, 11) is 0. The molecule has 5 nitrogen and oxygen atoms in total. The van der Waals surface area contributed by atoms with Crippen LogP contribution in [0.4, 0.5) is 0 Å². The van der Waals surface area contributed by atoms with Crippen LogP contribution >= 0.6 is 0 Å². The Morgan fingerprint density at radius 3 is 2.84 bits per heavy atom. The highest BCUT2D eigenvalue weighted by Crippen LogP contribution is 2.46. The molecule has 0 unspecified atom stereocenters. The lowest BCUT2D eigenvalue weighted by Crippen LogP contribution is -2.26. The Kier molecular flexibility index (Phi) is 4.06. The second-order valence-electron chi connectivity index (χ2n) is 6.54. The second kappa shape index (κ2) is 6.51. The third-order valence-corrected chi connectivity index (χ3v) is 4.84. The fourth-order valence-electron chi connectivity index (χ4n) is 3.28. The Morgan fingerprint density at radius 2 is 2.08 bits per heavy atom. The average Bonchev–Trinajstić information content (AvgIpc) is 3.34. The standard InChI is InChI=1S/C20H20N4O/c1-13-18(14-6-3-2-4-7-14)23-24-19(13)20(25)22-12-16-10-17(16)15-8-5-9-21-11-15/h2-9,11,16-17H,10,12H2,1H3,(H,22,25)(H,23,24)/t16-,17-/m0/s1. The topological polar surface area (TPSA) is 70.7 Å². The fourth-order valence-corrected chi connectivity index (χ4v) is 3.28. The van der Waals surface area contributed by atoms with Gasteiger partial charge in [0.05, 0.1) is 5.69 Å². The van der Waals surface area contributed by atoms with Crippen molar-refractivity contribution in [3.8, 4) is 11.3 Å². The molecule has 1 amide bonds. The van der Waals surface area contributed by atoms with Crippen molar-refractivity contribution < 1.29 is 4.79 Å². The molecular formula is C20H20N4O. The molecule has 0 spiro atoms. The van der Waals surface area contributed by atoms with Crippen LogP contribution in [0.1, 0.15) is 34.0 Å². The minimum absolute atomic E-state index is 0.0935. The quantitative estimate of drug-likeness (QED) is 0.753. The van der Waals surface area contributed by atoms with Crippen LogP contribution < -0.4 is 5.32 Å². The van der Waals surface area contributed by atoms with Gasteiger partial charge in [0, 0.05) is 30.1 Å². The van der Waals surface area contributed by atoms with E-state index < -0.39 is 0 Å². The number of aromatic amines is 1. The first-order valence-electron chi connectivity index (χ1n) is 8.52. The number of pyridine rings is 1. The summed E-state index contributed by atoms with van der Waals surface area (Å²) >= 11 is 0. The molecule has 0 aliphatic heterocycles. The summed E-state index contributed by atoms with van der Waals surface area (Å²) in [6.07, 6.45) is 4.80. The number of hydrogen-bond donors (Lipinski definition) is 2. The summed E-state index contributed by atoms with van der Waals surface area (Å²) < 4.78 is 0. The lowest BCUT2D eigenvalue weighted by molar-refractivity contribution is 0.0946. The molecule has 4 rings (SSSR count). The molecule has 1 saturated carbocycles. The van der Waals surface area contributed by atoms with E-state index in [0.29, 0.717) is 24.1 Å². The van der Waals surface area contributed by atoms with E-state index in [9.17, 15) is 4.79 Å². The van der Waals surface area contributed by atoms with Gasteiger partial charge in [-0.1, -0.05) is 36.4 Å². The first-order chi connectivity index (χ1) is 12.2. The highest BCUT2D eigenvalue weighted by atomic mass is 16.1. The van der Waals surface area contributed by atoms with Crippen LogP contribution in [-0.4, -0.2) is 27.6 Å². The first kappa shape index (κ1) is 15.6. The summed E-state index contributed by atoms with van der Waals surface area (Å²) in [6.45, 7) is 2.60. The van der Waals surface area contributed by atoms with Gasteiger partial charge in [-0.25, -0.2) is 0 Å². The summed E-state index contributed by atoms with van der Waals surface area (Å²) in [6, 6.07) is 13.9. The number of hydrogen-bond acceptors (Lipinski definition) is 3. The maximum atomic E-state index is 12.5. The van der Waals surface area contributed by atoms with Crippen LogP contribution in [0.3, 0.4) is 0 Å². The smallest absolute Gasteiger partial charge is 0.269 e. The van der Waals surface area contributed by atoms with E-state index in [1.54, 1.807) is 6.20 Å². The van der Waals surface area contributed by atoms with Crippen molar-refractivity contribution in [1.82, 2.24) is 20.5 Å². The molecule has 126 valence electrons. The number of amides is 1. The van der Waals surface area contributed by atoms with Crippen molar-refractivity contribution in [1.29, 1.82) is 0 Å². The lowest BCUT2D eigenvalue weighted by Gasteiger charge is -2.05. The predicted molar refractivity (Wildman–Crippen MR) is 96.2 cm³/mol. The molecule has 25 heavy (non-hydrogen) atoms. The van der Waals surface area contributed by atoms with Gasteiger partial charge in [-0.2, -0.15) is 5.10 Å². The Bertz CT molecular complexity index is 873. The third-order valence-electron chi connectivity index (χ3n) is 4.84. The molecular weight excluding hydrogens is 312 g/mol. The van der Waals surface area contributed by atoms with Gasteiger partial charge < -0.3 is 5.32 Å². The fraction of sp³-hybridized carbons (Fsp3) is 0.250. The number of nitrogens with one attached hydrogen (secondary N) is 2. The highest BCUT2D eigenvalue weighted by Gasteiger charge is 2.38. The molecule has 0 bridgehead atoms. The number of nitrogens with zero attached hydrogens (tertiary/aromatic N) is 2. The molecule has 2 N–H and O–H groups in total. The van der Waals surface area contributed by atoms with E-state index in [2.05, 4.69) is 26.6 Å². The number of carbonyl (C=O) groups is 1. The van der Waals surface area contributed by atoms with Crippen molar-refractivity contribution in [3.05, 3.63) is 71.7 Å². The molecule has 1 aromatic carbocycles. The van der Waals surface area contributed by atoms with Crippen LogP contribution in [0.2, 0.25) is 0 Å². The molecule has 2 heterocycles. The van der Waals surface area contributed by atoms with Crippen molar-refractivity contribution in [2.45, 2.75) is 19.3 Å². The van der Waals surface area contributed by atoms with Gasteiger partial charge >= 0.3 is 0 Å². The number of benzene rings is 1. The second-order valence-corrected chi connectivity index (χ2v) is 6.54. The zero-order valence-corrected chi connectivity index (χ0v) is 14.1. The molecule has 2 aromatic heterocycles. The summed E-state index contributed by atoms with van der Waals surface area (Å²) in [5.74, 6) is 0.908. The summed E-state index contributed by atoms with van der Waals surface area (Å²) in [5, 5.41) is 10.2. The van der Waals surface area contributed by atoms with Gasteiger partial charge in [0.2, 0.25) is 0 Å². The van der Waals surface area contributed by atoms with Crippen molar-refractivity contribution in [2.24, 2.45) is 5.92 Å². The van der Waals surface area contributed by atoms with Crippen LogP contribution in [0, 0.1) is 12.8 Å². The Balaban J connectivity index is 1.39. The van der Waals surface area contributed by atoms with E-state index in [0.717, 1.165) is 23.2 Å². The van der Waals surface area contributed by atoms with E-state index in [1.165, 1.54) is 5.56 Å². The first-order valence-corrected chi connectivity index (χ1v) is 8.52. The molecule has 3 aromatic rings. The monoisotopic (exact) mass is 332 g/mol. The predicted octanol–water partition coefficient (Wildman–Crippen LogP) is 3.31. The van der Waals surface area contributed by atoms with Gasteiger partial charge in [-0.15, -0.1) is 0 Å². The maximum Gasteiger partial charge on any atom is 0.269 e. The van der Waals surface area contributed by atoms with Gasteiger partial charge in [0.25, 0.3) is 5.91 Å². The molecule has 1 aliphatic carbocycles. The van der Waals surface area contributed by atoms with Gasteiger partial charge in [0.1, 0.15) is 5.69 Å². The Morgan fingerprint density at radius 1 is 1.24 bits per heavy atom. The van der Waals surface area contributed by atoms with E-state index in [1.807, 2.05) is 49.5 Å². The van der Waals surface area contributed by atoms with Gasteiger partial charge in [0.15, 0.2) is 0 Å².